The van der Waals surface area contributed by atoms with E-state index < -0.39 is 5.54 Å². The van der Waals surface area contributed by atoms with Crippen LogP contribution < -0.4 is 16.6 Å². The molecule has 6 heteroatoms. The Hall–Kier alpha value is -2.47. The number of hydrogen-bond acceptors (Lipinski definition) is 3. The Morgan fingerprint density at radius 2 is 1.96 bits per heavy atom. The van der Waals surface area contributed by atoms with Gasteiger partial charge in [-0.05, 0) is 43.2 Å². The Balaban J connectivity index is 2.20. The van der Waals surface area contributed by atoms with Crippen LogP contribution in [-0.2, 0) is 11.3 Å². The van der Waals surface area contributed by atoms with Gasteiger partial charge in [0.25, 0.3) is 5.56 Å². The van der Waals surface area contributed by atoms with Crippen LogP contribution in [0.15, 0.2) is 47.4 Å². The third-order valence-electron chi connectivity index (χ3n) is 3.82. The van der Waals surface area contributed by atoms with E-state index in [4.69, 9.17) is 5.73 Å². The highest BCUT2D eigenvalue weighted by atomic mass is 19.1. The van der Waals surface area contributed by atoms with E-state index in [0.717, 1.165) is 12.0 Å². The van der Waals surface area contributed by atoms with Crippen molar-refractivity contribution in [2.45, 2.75) is 38.8 Å². The van der Waals surface area contributed by atoms with Crippen molar-refractivity contribution in [3.63, 3.8) is 0 Å². The van der Waals surface area contributed by atoms with Crippen LogP contribution >= 0.6 is 0 Å². The molecule has 0 saturated heterocycles. The third kappa shape index (κ3) is 4.29. The monoisotopic (exact) mass is 331 g/mol. The van der Waals surface area contributed by atoms with Crippen LogP contribution in [0, 0.1) is 5.82 Å². The second kappa shape index (κ2) is 7.40. The number of nitrogens with one attached hydrogen (secondary N) is 1. The number of benzene rings is 1. The van der Waals surface area contributed by atoms with E-state index in [2.05, 4.69) is 5.32 Å². The fourth-order valence-corrected chi connectivity index (χ4v) is 2.44. The van der Waals surface area contributed by atoms with Gasteiger partial charge in [-0.2, -0.15) is 0 Å². The van der Waals surface area contributed by atoms with Crippen LogP contribution in [0.25, 0.3) is 0 Å². The Morgan fingerprint density at radius 3 is 2.58 bits per heavy atom. The smallest absolute Gasteiger partial charge is 0.274 e. The maximum atomic E-state index is 13.0. The van der Waals surface area contributed by atoms with Gasteiger partial charge in [0.15, 0.2) is 0 Å². The first kappa shape index (κ1) is 17.9. The second-order valence-corrected chi connectivity index (χ2v) is 6.10. The van der Waals surface area contributed by atoms with Crippen molar-refractivity contribution < 1.29 is 9.18 Å². The molecule has 0 fully saturated rings. The number of halogens is 1. The number of nitrogens with zero attached hydrogens (tertiary/aromatic N) is 1. The average Bonchev–Trinajstić information content (AvgIpc) is 2.53. The van der Waals surface area contributed by atoms with E-state index >= 15 is 0 Å². The lowest BCUT2D eigenvalue weighted by molar-refractivity contribution is -0.120. The summed E-state index contributed by atoms with van der Waals surface area (Å²) in [5.41, 5.74) is 5.59. The molecule has 1 aromatic heterocycles. The highest BCUT2D eigenvalue weighted by Gasteiger charge is 2.27. The number of aromatic nitrogens is 1. The standard InChI is InChI=1S/C18H22FN3O2/c1-3-10-18(2,20)17(24)21-15-5-4-11-22(16(15)23)12-13-6-8-14(19)9-7-13/h4-9,11H,3,10,12,20H2,1-2H3,(H,21,24). The van der Waals surface area contributed by atoms with Crippen LogP contribution in [-0.4, -0.2) is 16.0 Å². The Bertz CT molecular complexity index is 767. The van der Waals surface area contributed by atoms with E-state index in [0.29, 0.717) is 6.42 Å². The predicted octanol–water partition coefficient (Wildman–Crippen LogP) is 2.49. The number of hydrogen-bond donors (Lipinski definition) is 2. The van der Waals surface area contributed by atoms with Crippen molar-refractivity contribution in [2.24, 2.45) is 5.73 Å². The fraction of sp³-hybridized carbons (Fsp3) is 0.333. The zero-order chi connectivity index (χ0) is 17.7. The molecule has 0 aliphatic carbocycles. The van der Waals surface area contributed by atoms with Crippen LogP contribution in [0.1, 0.15) is 32.3 Å². The topological polar surface area (TPSA) is 77.1 Å². The Morgan fingerprint density at radius 1 is 1.29 bits per heavy atom. The number of carbonyl (C=O) groups is 1. The number of anilines is 1. The maximum Gasteiger partial charge on any atom is 0.274 e. The summed E-state index contributed by atoms with van der Waals surface area (Å²) in [6.45, 7) is 3.88. The lowest BCUT2D eigenvalue weighted by atomic mass is 9.96. The first-order valence-electron chi connectivity index (χ1n) is 7.87. The molecule has 1 unspecified atom stereocenters. The molecule has 0 radical (unpaired) electrons. The molecule has 0 spiro atoms. The van der Waals surface area contributed by atoms with Crippen molar-refractivity contribution in [2.75, 3.05) is 5.32 Å². The van der Waals surface area contributed by atoms with Crippen LogP contribution in [0.3, 0.4) is 0 Å². The highest BCUT2D eigenvalue weighted by molar-refractivity contribution is 5.97. The van der Waals surface area contributed by atoms with Gasteiger partial charge in [-0.1, -0.05) is 25.5 Å². The molecule has 1 atom stereocenters. The molecule has 1 aromatic carbocycles. The summed E-state index contributed by atoms with van der Waals surface area (Å²) in [6, 6.07) is 9.14. The van der Waals surface area contributed by atoms with E-state index in [-0.39, 0.29) is 29.5 Å². The van der Waals surface area contributed by atoms with Crippen molar-refractivity contribution >= 4 is 11.6 Å². The van der Waals surface area contributed by atoms with E-state index in [1.54, 1.807) is 37.4 Å². The zero-order valence-electron chi connectivity index (χ0n) is 13.9. The number of amides is 1. The normalized spacial score (nSPS) is 13.3. The number of carbonyl (C=O) groups excluding carboxylic acids is 1. The first-order valence-corrected chi connectivity index (χ1v) is 7.87. The summed E-state index contributed by atoms with van der Waals surface area (Å²) in [7, 11) is 0. The van der Waals surface area contributed by atoms with E-state index in [9.17, 15) is 14.0 Å². The first-order chi connectivity index (χ1) is 11.3. The molecule has 1 heterocycles. The molecule has 1 amide bonds. The van der Waals surface area contributed by atoms with Crippen LogP contribution in [0.4, 0.5) is 10.1 Å². The highest BCUT2D eigenvalue weighted by Crippen LogP contribution is 2.12. The van der Waals surface area contributed by atoms with Crippen molar-refractivity contribution in [3.8, 4) is 0 Å². The molecular formula is C18H22FN3O2. The van der Waals surface area contributed by atoms with Crippen molar-refractivity contribution in [1.29, 1.82) is 0 Å². The van der Waals surface area contributed by atoms with Crippen molar-refractivity contribution in [1.82, 2.24) is 4.57 Å². The average molecular weight is 331 g/mol. The minimum absolute atomic E-state index is 0.178. The molecule has 2 aromatic rings. The number of rotatable bonds is 6. The lowest BCUT2D eigenvalue weighted by Crippen LogP contribution is -2.49. The van der Waals surface area contributed by atoms with Gasteiger partial charge in [0.05, 0.1) is 12.1 Å². The van der Waals surface area contributed by atoms with Gasteiger partial charge < -0.3 is 15.6 Å². The Labute approximate surface area is 140 Å². The minimum atomic E-state index is -1.03. The van der Waals surface area contributed by atoms with Crippen LogP contribution in [0.2, 0.25) is 0 Å². The molecule has 128 valence electrons. The quantitative estimate of drug-likeness (QED) is 0.854. The molecule has 0 saturated carbocycles. The molecular weight excluding hydrogens is 309 g/mol. The summed E-state index contributed by atoms with van der Waals surface area (Å²) >= 11 is 0. The lowest BCUT2D eigenvalue weighted by Gasteiger charge is -2.22. The second-order valence-electron chi connectivity index (χ2n) is 6.10. The van der Waals surface area contributed by atoms with Gasteiger partial charge in [0.1, 0.15) is 11.5 Å². The minimum Gasteiger partial charge on any atom is -0.320 e. The van der Waals surface area contributed by atoms with Crippen molar-refractivity contribution in [3.05, 3.63) is 64.3 Å². The van der Waals surface area contributed by atoms with Crippen LogP contribution in [0.5, 0.6) is 0 Å². The molecule has 0 bridgehead atoms. The zero-order valence-corrected chi connectivity index (χ0v) is 13.9. The van der Waals surface area contributed by atoms with E-state index in [1.165, 1.54) is 16.7 Å². The molecule has 2 rings (SSSR count). The fourth-order valence-electron chi connectivity index (χ4n) is 2.44. The Kier molecular flexibility index (Phi) is 5.51. The van der Waals surface area contributed by atoms with Gasteiger partial charge in [-0.15, -0.1) is 0 Å². The molecule has 3 N–H and O–H groups in total. The molecule has 0 aliphatic rings. The van der Waals surface area contributed by atoms with E-state index in [1.807, 2.05) is 6.92 Å². The van der Waals surface area contributed by atoms with Gasteiger partial charge in [0.2, 0.25) is 5.91 Å². The summed E-state index contributed by atoms with van der Waals surface area (Å²) < 4.78 is 14.4. The summed E-state index contributed by atoms with van der Waals surface area (Å²) in [5.74, 6) is -0.716. The van der Waals surface area contributed by atoms with Gasteiger partial charge in [-0.25, -0.2) is 4.39 Å². The molecule has 5 nitrogen and oxygen atoms in total. The number of pyridine rings is 1. The number of nitrogens with two attached hydrogens (primary N) is 1. The largest absolute Gasteiger partial charge is 0.320 e. The molecule has 24 heavy (non-hydrogen) atoms. The molecule has 0 aliphatic heterocycles. The SMILES string of the molecule is CCCC(C)(N)C(=O)Nc1cccn(Cc2ccc(F)cc2)c1=O. The summed E-state index contributed by atoms with van der Waals surface area (Å²) in [4.78, 5) is 24.8. The van der Waals surface area contributed by atoms with Gasteiger partial charge in [-0.3, -0.25) is 9.59 Å². The maximum absolute atomic E-state index is 13.0. The third-order valence-corrected chi connectivity index (χ3v) is 3.82. The van der Waals surface area contributed by atoms with Gasteiger partial charge >= 0.3 is 0 Å². The summed E-state index contributed by atoms with van der Waals surface area (Å²) in [6.07, 6.45) is 2.91. The van der Waals surface area contributed by atoms with Gasteiger partial charge in [0, 0.05) is 6.20 Å². The predicted molar refractivity (Wildman–Crippen MR) is 92.3 cm³/mol. The summed E-state index contributed by atoms with van der Waals surface area (Å²) in [5, 5.41) is 2.61.